The third-order valence-corrected chi connectivity index (χ3v) is 3.46. The second-order valence-corrected chi connectivity index (χ2v) is 6.01. The van der Waals surface area contributed by atoms with Gasteiger partial charge in [0.15, 0.2) is 0 Å². The van der Waals surface area contributed by atoms with Crippen molar-refractivity contribution in [1.82, 2.24) is 10.2 Å². The van der Waals surface area contributed by atoms with Gasteiger partial charge in [-0.2, -0.15) is 0 Å². The predicted molar refractivity (Wildman–Crippen MR) is 64.0 cm³/mol. The fraction of sp³-hybridized carbons (Fsp3) is 1.00. The Labute approximate surface area is 93.9 Å². The molecule has 2 N–H and O–H groups in total. The summed E-state index contributed by atoms with van der Waals surface area (Å²) in [6.07, 6.45) is 3.40. The summed E-state index contributed by atoms with van der Waals surface area (Å²) in [7, 11) is 4.15. The van der Waals surface area contributed by atoms with E-state index in [9.17, 15) is 5.11 Å². The molecule has 1 aliphatic rings. The summed E-state index contributed by atoms with van der Waals surface area (Å²) in [5.41, 5.74) is 0.368. The van der Waals surface area contributed by atoms with Gasteiger partial charge < -0.3 is 15.3 Å². The van der Waals surface area contributed by atoms with Crippen LogP contribution in [-0.2, 0) is 0 Å². The SMILES string of the molecule is CN(C)CCNC1(CO)CCC(C)(C)C1. The van der Waals surface area contributed by atoms with E-state index >= 15 is 0 Å². The highest BCUT2D eigenvalue weighted by Gasteiger charge is 2.42. The lowest BCUT2D eigenvalue weighted by atomic mass is 9.88. The summed E-state index contributed by atoms with van der Waals surface area (Å²) in [5.74, 6) is 0. The van der Waals surface area contributed by atoms with Crippen LogP contribution in [0.25, 0.3) is 0 Å². The van der Waals surface area contributed by atoms with Crippen molar-refractivity contribution < 1.29 is 5.11 Å². The smallest absolute Gasteiger partial charge is 0.0613 e. The molecule has 1 rings (SSSR count). The Morgan fingerprint density at radius 1 is 1.27 bits per heavy atom. The molecule has 0 heterocycles. The van der Waals surface area contributed by atoms with Crippen molar-refractivity contribution in [2.75, 3.05) is 33.8 Å². The van der Waals surface area contributed by atoms with Crippen molar-refractivity contribution >= 4 is 0 Å². The summed E-state index contributed by atoms with van der Waals surface area (Å²) in [5, 5.41) is 13.1. The first-order valence-corrected chi connectivity index (χ1v) is 5.90. The normalized spacial score (nSPS) is 30.0. The molecule has 15 heavy (non-hydrogen) atoms. The van der Waals surface area contributed by atoms with E-state index in [1.807, 2.05) is 0 Å². The first kappa shape index (κ1) is 12.9. The molecule has 0 spiro atoms. The minimum atomic E-state index is -0.0144. The first-order valence-electron chi connectivity index (χ1n) is 5.90. The van der Waals surface area contributed by atoms with Gasteiger partial charge in [-0.1, -0.05) is 13.8 Å². The van der Waals surface area contributed by atoms with Crippen molar-refractivity contribution in [3.63, 3.8) is 0 Å². The topological polar surface area (TPSA) is 35.5 Å². The van der Waals surface area contributed by atoms with Gasteiger partial charge in [-0.15, -0.1) is 0 Å². The number of likely N-dealkylation sites (N-methyl/N-ethyl adjacent to an activating group) is 1. The molecule has 0 aliphatic heterocycles. The van der Waals surface area contributed by atoms with Crippen LogP contribution < -0.4 is 5.32 Å². The maximum atomic E-state index is 9.54. The van der Waals surface area contributed by atoms with Crippen LogP contribution in [-0.4, -0.2) is 49.3 Å². The summed E-state index contributed by atoms with van der Waals surface area (Å²) in [6.45, 7) is 6.84. The number of aliphatic hydroxyl groups is 1. The monoisotopic (exact) mass is 214 g/mol. The Hall–Kier alpha value is -0.120. The van der Waals surface area contributed by atoms with Crippen LogP contribution in [0.5, 0.6) is 0 Å². The van der Waals surface area contributed by atoms with Crippen LogP contribution in [0, 0.1) is 5.41 Å². The zero-order valence-electron chi connectivity index (χ0n) is 10.6. The first-order chi connectivity index (χ1) is 6.89. The van der Waals surface area contributed by atoms with Gasteiger partial charge in [0.2, 0.25) is 0 Å². The Bertz CT molecular complexity index is 204. The molecule has 0 aromatic rings. The lowest BCUT2D eigenvalue weighted by Crippen LogP contribution is -2.49. The van der Waals surface area contributed by atoms with Gasteiger partial charge in [0.25, 0.3) is 0 Å². The summed E-state index contributed by atoms with van der Waals surface area (Å²) in [4.78, 5) is 2.16. The highest BCUT2D eigenvalue weighted by Crippen LogP contribution is 2.43. The molecule has 0 amide bonds. The average molecular weight is 214 g/mol. The fourth-order valence-corrected chi connectivity index (χ4v) is 2.56. The summed E-state index contributed by atoms with van der Waals surface area (Å²) >= 11 is 0. The van der Waals surface area contributed by atoms with E-state index < -0.39 is 0 Å². The Morgan fingerprint density at radius 3 is 2.33 bits per heavy atom. The molecule has 1 fully saturated rings. The van der Waals surface area contributed by atoms with Crippen LogP contribution >= 0.6 is 0 Å². The number of rotatable bonds is 5. The van der Waals surface area contributed by atoms with Gasteiger partial charge in [0.1, 0.15) is 0 Å². The summed E-state index contributed by atoms with van der Waals surface area (Å²) in [6, 6.07) is 0. The van der Waals surface area contributed by atoms with Gasteiger partial charge >= 0.3 is 0 Å². The molecule has 0 radical (unpaired) electrons. The molecule has 1 saturated carbocycles. The molecule has 0 saturated heterocycles. The highest BCUT2D eigenvalue weighted by molar-refractivity contribution is 4.99. The van der Waals surface area contributed by atoms with Crippen LogP contribution in [0.15, 0.2) is 0 Å². The van der Waals surface area contributed by atoms with Gasteiger partial charge in [0.05, 0.1) is 6.61 Å². The predicted octanol–water partition coefficient (Wildman–Crippen LogP) is 1.08. The third kappa shape index (κ3) is 3.74. The third-order valence-electron chi connectivity index (χ3n) is 3.46. The Balaban J connectivity index is 2.42. The van der Waals surface area contributed by atoms with Crippen molar-refractivity contribution in [2.45, 2.75) is 38.6 Å². The zero-order valence-corrected chi connectivity index (χ0v) is 10.6. The molecule has 0 aromatic heterocycles. The van der Waals surface area contributed by atoms with Gasteiger partial charge in [-0.05, 0) is 38.8 Å². The standard InChI is InChI=1S/C12H26N2O/c1-11(2)5-6-12(9-11,10-15)13-7-8-14(3)4/h13,15H,5-10H2,1-4H3. The number of nitrogens with one attached hydrogen (secondary N) is 1. The van der Waals surface area contributed by atoms with Crippen molar-refractivity contribution in [3.8, 4) is 0 Å². The molecule has 1 aliphatic carbocycles. The van der Waals surface area contributed by atoms with Crippen molar-refractivity contribution in [3.05, 3.63) is 0 Å². The second kappa shape index (κ2) is 4.81. The maximum absolute atomic E-state index is 9.54. The maximum Gasteiger partial charge on any atom is 0.0613 e. The average Bonchev–Trinajstić information content (AvgIpc) is 2.42. The molecular formula is C12H26N2O. The lowest BCUT2D eigenvalue weighted by molar-refractivity contribution is 0.150. The van der Waals surface area contributed by atoms with Gasteiger partial charge in [0, 0.05) is 18.6 Å². The molecule has 1 atom stereocenters. The Kier molecular flexibility index (Phi) is 4.15. The van der Waals surface area contributed by atoms with E-state index in [-0.39, 0.29) is 12.1 Å². The molecule has 3 heteroatoms. The van der Waals surface area contributed by atoms with Crippen LogP contribution in [0.2, 0.25) is 0 Å². The minimum absolute atomic E-state index is 0.0144. The van der Waals surface area contributed by atoms with Crippen molar-refractivity contribution in [1.29, 1.82) is 0 Å². The number of hydrogen-bond acceptors (Lipinski definition) is 3. The molecule has 0 bridgehead atoms. The number of hydrogen-bond donors (Lipinski definition) is 2. The fourth-order valence-electron chi connectivity index (χ4n) is 2.56. The van der Waals surface area contributed by atoms with E-state index in [2.05, 4.69) is 38.2 Å². The van der Waals surface area contributed by atoms with Crippen LogP contribution in [0.4, 0.5) is 0 Å². The van der Waals surface area contributed by atoms with E-state index in [1.54, 1.807) is 0 Å². The highest BCUT2D eigenvalue weighted by atomic mass is 16.3. The van der Waals surface area contributed by atoms with E-state index in [4.69, 9.17) is 0 Å². The van der Waals surface area contributed by atoms with Gasteiger partial charge in [-0.3, -0.25) is 0 Å². The quantitative estimate of drug-likeness (QED) is 0.719. The molecule has 3 nitrogen and oxygen atoms in total. The Morgan fingerprint density at radius 2 is 1.93 bits per heavy atom. The minimum Gasteiger partial charge on any atom is -0.394 e. The number of nitrogens with zero attached hydrogens (tertiary/aromatic N) is 1. The molecule has 90 valence electrons. The summed E-state index contributed by atoms with van der Waals surface area (Å²) < 4.78 is 0. The second-order valence-electron chi connectivity index (χ2n) is 6.01. The molecule has 1 unspecified atom stereocenters. The number of aliphatic hydroxyl groups excluding tert-OH is 1. The molecular weight excluding hydrogens is 188 g/mol. The largest absolute Gasteiger partial charge is 0.394 e. The van der Waals surface area contributed by atoms with Crippen LogP contribution in [0.3, 0.4) is 0 Å². The van der Waals surface area contributed by atoms with E-state index in [0.29, 0.717) is 5.41 Å². The van der Waals surface area contributed by atoms with Gasteiger partial charge in [-0.25, -0.2) is 0 Å². The van der Waals surface area contributed by atoms with Crippen LogP contribution in [0.1, 0.15) is 33.1 Å². The zero-order chi connectivity index (χ0) is 11.5. The van der Waals surface area contributed by atoms with Crippen molar-refractivity contribution in [2.24, 2.45) is 5.41 Å². The van der Waals surface area contributed by atoms with E-state index in [1.165, 1.54) is 6.42 Å². The molecule has 0 aromatic carbocycles. The van der Waals surface area contributed by atoms with E-state index in [0.717, 1.165) is 25.9 Å². The lowest BCUT2D eigenvalue weighted by Gasteiger charge is -2.31.